The van der Waals surface area contributed by atoms with Crippen molar-refractivity contribution in [2.75, 3.05) is 32.8 Å². The van der Waals surface area contributed by atoms with Crippen LogP contribution in [0.4, 0.5) is 4.79 Å². The maximum absolute atomic E-state index is 12.5. The molecular weight excluding hydrogens is 256 g/mol. The molecule has 0 unspecified atom stereocenters. The largest absolute Gasteiger partial charge is 0.450 e. The lowest BCUT2D eigenvalue weighted by Crippen LogP contribution is -2.44. The zero-order valence-corrected chi connectivity index (χ0v) is 12.5. The predicted molar refractivity (Wildman–Crippen MR) is 76.4 cm³/mol. The minimum atomic E-state index is -0.242. The van der Waals surface area contributed by atoms with E-state index in [1.165, 1.54) is 12.8 Å². The first-order valence-electron chi connectivity index (χ1n) is 7.93. The molecule has 0 aromatic rings. The first-order valence-corrected chi connectivity index (χ1v) is 7.93. The van der Waals surface area contributed by atoms with Gasteiger partial charge in [0.15, 0.2) is 0 Å². The highest BCUT2D eigenvalue weighted by Crippen LogP contribution is 2.22. The van der Waals surface area contributed by atoms with Crippen molar-refractivity contribution in [3.63, 3.8) is 0 Å². The first kappa shape index (κ1) is 15.1. The molecule has 2 rings (SSSR count). The number of rotatable bonds is 2. The van der Waals surface area contributed by atoms with Crippen molar-refractivity contribution in [2.45, 2.75) is 45.4 Å². The van der Waals surface area contributed by atoms with Crippen molar-refractivity contribution in [1.82, 2.24) is 9.80 Å². The third-order valence-corrected chi connectivity index (χ3v) is 4.29. The van der Waals surface area contributed by atoms with E-state index in [1.54, 1.807) is 4.90 Å². The molecular formula is C15H26N2O3. The van der Waals surface area contributed by atoms with Gasteiger partial charge >= 0.3 is 6.09 Å². The zero-order chi connectivity index (χ0) is 14.4. The number of likely N-dealkylation sites (tertiary alicyclic amines) is 2. The smallest absolute Gasteiger partial charge is 0.409 e. The van der Waals surface area contributed by atoms with Crippen LogP contribution in [0, 0.1) is 5.92 Å². The Bertz CT molecular complexity index is 330. The number of hydrogen-bond acceptors (Lipinski definition) is 3. The summed E-state index contributed by atoms with van der Waals surface area (Å²) in [5.41, 5.74) is 0. The number of nitrogens with zero attached hydrogens (tertiary/aromatic N) is 2. The number of piperidine rings is 1. The summed E-state index contributed by atoms with van der Waals surface area (Å²) in [6.07, 6.45) is 6.05. The van der Waals surface area contributed by atoms with Crippen LogP contribution in [0.25, 0.3) is 0 Å². The van der Waals surface area contributed by atoms with Gasteiger partial charge in [0.2, 0.25) is 5.91 Å². The van der Waals surface area contributed by atoms with E-state index in [4.69, 9.17) is 4.74 Å². The van der Waals surface area contributed by atoms with Crippen molar-refractivity contribution in [1.29, 1.82) is 0 Å². The van der Waals surface area contributed by atoms with Crippen LogP contribution in [0.5, 0.6) is 0 Å². The summed E-state index contributed by atoms with van der Waals surface area (Å²) in [6.45, 7) is 5.33. The van der Waals surface area contributed by atoms with Gasteiger partial charge in [-0.3, -0.25) is 4.79 Å². The molecule has 2 fully saturated rings. The summed E-state index contributed by atoms with van der Waals surface area (Å²) in [4.78, 5) is 27.9. The van der Waals surface area contributed by atoms with E-state index in [0.29, 0.717) is 25.6 Å². The van der Waals surface area contributed by atoms with Gasteiger partial charge in [-0.05, 0) is 32.6 Å². The summed E-state index contributed by atoms with van der Waals surface area (Å²) in [7, 11) is 0. The molecule has 0 radical (unpaired) electrons. The van der Waals surface area contributed by atoms with E-state index < -0.39 is 0 Å². The maximum Gasteiger partial charge on any atom is 0.409 e. The molecule has 20 heavy (non-hydrogen) atoms. The van der Waals surface area contributed by atoms with Crippen LogP contribution >= 0.6 is 0 Å². The molecule has 0 aromatic heterocycles. The Morgan fingerprint density at radius 1 is 0.950 bits per heavy atom. The highest BCUT2D eigenvalue weighted by Gasteiger charge is 2.30. The third-order valence-electron chi connectivity index (χ3n) is 4.29. The summed E-state index contributed by atoms with van der Waals surface area (Å²) in [6, 6.07) is 0. The lowest BCUT2D eigenvalue weighted by atomic mass is 9.95. The van der Waals surface area contributed by atoms with E-state index in [1.807, 2.05) is 11.8 Å². The molecule has 2 heterocycles. The summed E-state index contributed by atoms with van der Waals surface area (Å²) in [5.74, 6) is 0.397. The minimum Gasteiger partial charge on any atom is -0.450 e. The molecule has 2 aliphatic rings. The standard InChI is InChI=1S/C15H26N2O3/c1-2-20-15(19)17-11-7-13(8-12-17)14(18)16-9-5-3-4-6-10-16/h13H,2-12H2,1H3. The molecule has 5 heteroatoms. The van der Waals surface area contributed by atoms with Crippen LogP contribution in [0.1, 0.15) is 45.4 Å². The van der Waals surface area contributed by atoms with Crippen molar-refractivity contribution in [3.8, 4) is 0 Å². The minimum absolute atomic E-state index is 0.0961. The molecule has 2 aliphatic heterocycles. The zero-order valence-electron chi connectivity index (χ0n) is 12.5. The summed E-state index contributed by atoms with van der Waals surface area (Å²) >= 11 is 0. The fourth-order valence-electron chi connectivity index (χ4n) is 3.07. The molecule has 0 atom stereocenters. The monoisotopic (exact) mass is 282 g/mol. The van der Waals surface area contributed by atoms with Crippen LogP contribution in [-0.4, -0.2) is 54.6 Å². The van der Waals surface area contributed by atoms with Crippen molar-refractivity contribution >= 4 is 12.0 Å². The Hall–Kier alpha value is -1.26. The Balaban J connectivity index is 1.80. The topological polar surface area (TPSA) is 49.9 Å². The summed E-state index contributed by atoms with van der Waals surface area (Å²) < 4.78 is 5.00. The number of ether oxygens (including phenoxy) is 1. The molecule has 0 aliphatic carbocycles. The van der Waals surface area contributed by atoms with Crippen LogP contribution in [-0.2, 0) is 9.53 Å². The Morgan fingerprint density at radius 3 is 2.10 bits per heavy atom. The molecule has 114 valence electrons. The SMILES string of the molecule is CCOC(=O)N1CCC(C(=O)N2CCCCCC2)CC1. The van der Waals surface area contributed by atoms with Gasteiger partial charge in [-0.1, -0.05) is 12.8 Å². The van der Waals surface area contributed by atoms with Crippen LogP contribution in [0.15, 0.2) is 0 Å². The number of hydrogen-bond donors (Lipinski definition) is 0. The van der Waals surface area contributed by atoms with Gasteiger partial charge in [-0.25, -0.2) is 4.79 Å². The van der Waals surface area contributed by atoms with E-state index in [2.05, 4.69) is 0 Å². The molecule has 2 amide bonds. The molecule has 0 aromatic carbocycles. The molecule has 0 saturated carbocycles. The lowest BCUT2D eigenvalue weighted by Gasteiger charge is -2.33. The quantitative estimate of drug-likeness (QED) is 0.780. The molecule has 0 spiro atoms. The fraction of sp³-hybridized carbons (Fsp3) is 0.867. The van der Waals surface area contributed by atoms with E-state index in [-0.39, 0.29) is 12.0 Å². The second-order valence-corrected chi connectivity index (χ2v) is 5.70. The maximum atomic E-state index is 12.5. The third kappa shape index (κ3) is 3.87. The van der Waals surface area contributed by atoms with Crippen LogP contribution in [0.3, 0.4) is 0 Å². The normalized spacial score (nSPS) is 21.4. The highest BCUT2D eigenvalue weighted by atomic mass is 16.6. The number of carbonyl (C=O) groups excluding carboxylic acids is 2. The van der Waals surface area contributed by atoms with Crippen molar-refractivity contribution in [3.05, 3.63) is 0 Å². The van der Waals surface area contributed by atoms with E-state index in [0.717, 1.165) is 38.8 Å². The van der Waals surface area contributed by atoms with Gasteiger partial charge in [0.25, 0.3) is 0 Å². The summed E-state index contributed by atoms with van der Waals surface area (Å²) in [5, 5.41) is 0. The number of carbonyl (C=O) groups is 2. The van der Waals surface area contributed by atoms with Gasteiger partial charge in [0.1, 0.15) is 0 Å². The van der Waals surface area contributed by atoms with Gasteiger partial charge in [-0.15, -0.1) is 0 Å². The Kier molecular flexibility index (Phi) is 5.68. The van der Waals surface area contributed by atoms with Crippen molar-refractivity contribution in [2.24, 2.45) is 5.92 Å². The number of amides is 2. The average Bonchev–Trinajstić information content (AvgIpc) is 2.76. The predicted octanol–water partition coefficient (Wildman–Crippen LogP) is 2.26. The Labute approximate surface area is 121 Å². The van der Waals surface area contributed by atoms with E-state index >= 15 is 0 Å². The Morgan fingerprint density at radius 2 is 1.55 bits per heavy atom. The lowest BCUT2D eigenvalue weighted by molar-refractivity contribution is -0.136. The molecule has 2 saturated heterocycles. The first-order chi connectivity index (χ1) is 9.72. The van der Waals surface area contributed by atoms with E-state index in [9.17, 15) is 9.59 Å². The van der Waals surface area contributed by atoms with Gasteiger partial charge in [0, 0.05) is 32.1 Å². The molecule has 5 nitrogen and oxygen atoms in total. The van der Waals surface area contributed by atoms with Gasteiger partial charge < -0.3 is 14.5 Å². The molecule has 0 bridgehead atoms. The van der Waals surface area contributed by atoms with Crippen LogP contribution in [0.2, 0.25) is 0 Å². The second kappa shape index (κ2) is 7.50. The van der Waals surface area contributed by atoms with Gasteiger partial charge in [0.05, 0.1) is 6.61 Å². The van der Waals surface area contributed by atoms with Crippen LogP contribution < -0.4 is 0 Å². The van der Waals surface area contributed by atoms with Gasteiger partial charge in [-0.2, -0.15) is 0 Å². The average molecular weight is 282 g/mol. The highest BCUT2D eigenvalue weighted by molar-refractivity contribution is 5.79. The van der Waals surface area contributed by atoms with Crippen molar-refractivity contribution < 1.29 is 14.3 Å². The molecule has 0 N–H and O–H groups in total. The second-order valence-electron chi connectivity index (χ2n) is 5.70. The fourth-order valence-corrected chi connectivity index (χ4v) is 3.07.